The zero-order chi connectivity index (χ0) is 20.0. The summed E-state index contributed by atoms with van der Waals surface area (Å²) in [5.74, 6) is -0.678. The molecule has 0 spiro atoms. The van der Waals surface area contributed by atoms with Gasteiger partial charge in [0, 0.05) is 12.5 Å². The Labute approximate surface area is 171 Å². The van der Waals surface area contributed by atoms with Crippen molar-refractivity contribution in [1.82, 2.24) is 10.2 Å². The van der Waals surface area contributed by atoms with Crippen LogP contribution in [0.2, 0.25) is 0 Å². The molecule has 5 rings (SSSR count). The fourth-order valence-electron chi connectivity index (χ4n) is 5.92. The summed E-state index contributed by atoms with van der Waals surface area (Å²) < 4.78 is 0. The monoisotopic (exact) mass is 392 g/mol. The molecule has 1 N–H and O–H groups in total. The molecule has 3 aliphatic carbocycles. The maximum absolute atomic E-state index is 13.3. The highest BCUT2D eigenvalue weighted by Crippen LogP contribution is 2.53. The van der Waals surface area contributed by atoms with Gasteiger partial charge in [-0.2, -0.15) is 0 Å². The Kier molecular flexibility index (Phi) is 4.76. The van der Waals surface area contributed by atoms with E-state index >= 15 is 0 Å². The van der Waals surface area contributed by atoms with E-state index in [9.17, 15) is 14.4 Å². The third-order valence-electron chi connectivity index (χ3n) is 7.34. The molecular formula is C24H28N2O3. The largest absolute Gasteiger partial charge is 0.352 e. The van der Waals surface area contributed by atoms with Crippen LogP contribution < -0.4 is 5.32 Å². The third-order valence-corrected chi connectivity index (χ3v) is 7.34. The minimum absolute atomic E-state index is 0.142. The van der Waals surface area contributed by atoms with Gasteiger partial charge in [-0.25, -0.2) is 0 Å². The summed E-state index contributed by atoms with van der Waals surface area (Å²) in [6.45, 7) is 0. The molecule has 152 valence electrons. The molecule has 5 atom stereocenters. The summed E-state index contributed by atoms with van der Waals surface area (Å²) in [5, 5.41) is 3.16. The van der Waals surface area contributed by atoms with Gasteiger partial charge in [0.05, 0.1) is 11.8 Å². The standard InChI is InChI=1S/C24H28N2O3/c27-22(25-18-9-5-2-6-10-18)19(13-15-7-3-1-4-8-15)26-23(28)20-16-11-12-17(14-16)21(20)24(26)29/h1,3-4,7-8,11-12,16-21H,2,5-6,9-10,13-14H2,(H,25,27)/t16-,17-,19+,20-,21+/m0/s1. The van der Waals surface area contributed by atoms with Crippen LogP contribution in [0.3, 0.4) is 0 Å². The number of amides is 3. The molecule has 2 saturated carbocycles. The highest BCUT2D eigenvalue weighted by molar-refractivity contribution is 6.09. The van der Waals surface area contributed by atoms with Crippen molar-refractivity contribution in [1.29, 1.82) is 0 Å². The van der Waals surface area contributed by atoms with Gasteiger partial charge in [0.15, 0.2) is 0 Å². The molecule has 5 nitrogen and oxygen atoms in total. The van der Waals surface area contributed by atoms with Crippen LogP contribution in [0.1, 0.15) is 44.1 Å². The van der Waals surface area contributed by atoms with Crippen LogP contribution in [-0.4, -0.2) is 34.7 Å². The number of hydrogen-bond acceptors (Lipinski definition) is 3. The highest BCUT2D eigenvalue weighted by atomic mass is 16.2. The average molecular weight is 392 g/mol. The molecule has 29 heavy (non-hydrogen) atoms. The zero-order valence-electron chi connectivity index (χ0n) is 16.6. The molecular weight excluding hydrogens is 364 g/mol. The van der Waals surface area contributed by atoms with E-state index in [1.807, 2.05) is 30.3 Å². The van der Waals surface area contributed by atoms with Gasteiger partial charge < -0.3 is 5.32 Å². The lowest BCUT2D eigenvalue weighted by Gasteiger charge is -2.30. The van der Waals surface area contributed by atoms with Crippen molar-refractivity contribution in [2.24, 2.45) is 23.7 Å². The molecule has 3 fully saturated rings. The van der Waals surface area contributed by atoms with Crippen LogP contribution >= 0.6 is 0 Å². The maximum Gasteiger partial charge on any atom is 0.243 e. The number of fused-ring (bicyclic) bond motifs is 5. The number of nitrogens with one attached hydrogen (secondary N) is 1. The van der Waals surface area contributed by atoms with Crippen LogP contribution in [0.5, 0.6) is 0 Å². The second-order valence-corrected chi connectivity index (χ2v) is 9.10. The van der Waals surface area contributed by atoms with Gasteiger partial charge >= 0.3 is 0 Å². The Bertz CT molecular complexity index is 813. The minimum atomic E-state index is -0.760. The summed E-state index contributed by atoms with van der Waals surface area (Å²) in [6.07, 6.45) is 10.9. The molecule has 1 aromatic carbocycles. The topological polar surface area (TPSA) is 66.5 Å². The number of likely N-dealkylation sites (tertiary alicyclic amines) is 1. The normalized spacial score (nSPS) is 31.9. The fourth-order valence-corrected chi connectivity index (χ4v) is 5.92. The number of benzene rings is 1. The first kappa shape index (κ1) is 18.6. The molecule has 3 amide bonds. The first-order chi connectivity index (χ1) is 14.1. The number of rotatable bonds is 5. The van der Waals surface area contributed by atoms with E-state index in [-0.39, 0.29) is 47.4 Å². The van der Waals surface area contributed by atoms with E-state index in [2.05, 4.69) is 17.5 Å². The highest BCUT2D eigenvalue weighted by Gasteiger charge is 2.61. The summed E-state index contributed by atoms with van der Waals surface area (Å²) in [5.41, 5.74) is 0.968. The maximum atomic E-state index is 13.3. The molecule has 0 radical (unpaired) electrons. The Morgan fingerprint density at radius 1 is 0.966 bits per heavy atom. The molecule has 0 unspecified atom stereocenters. The van der Waals surface area contributed by atoms with E-state index in [0.717, 1.165) is 37.7 Å². The van der Waals surface area contributed by atoms with Crippen LogP contribution in [0.15, 0.2) is 42.5 Å². The Balaban J connectivity index is 1.41. The Hall–Kier alpha value is -2.43. The smallest absolute Gasteiger partial charge is 0.243 e. The van der Waals surface area contributed by atoms with Crippen LogP contribution in [0.4, 0.5) is 0 Å². The second-order valence-electron chi connectivity index (χ2n) is 9.10. The SMILES string of the molecule is O=C(NC1CCCCC1)[C@@H](Cc1ccccc1)N1C(=O)[C@@H]2[C@H](C1=O)[C@H]1C=C[C@H]2C1. The van der Waals surface area contributed by atoms with Gasteiger partial charge in [-0.05, 0) is 36.7 Å². The van der Waals surface area contributed by atoms with Crippen LogP contribution in [0, 0.1) is 23.7 Å². The average Bonchev–Trinajstić information content (AvgIpc) is 3.42. The summed E-state index contributed by atoms with van der Waals surface area (Å²) in [4.78, 5) is 41.3. The number of carbonyl (C=O) groups excluding carboxylic acids is 3. The van der Waals surface area contributed by atoms with Gasteiger partial charge in [-0.3, -0.25) is 19.3 Å². The molecule has 2 bridgehead atoms. The van der Waals surface area contributed by atoms with Crippen molar-refractivity contribution in [3.05, 3.63) is 48.0 Å². The van der Waals surface area contributed by atoms with Crippen molar-refractivity contribution in [2.75, 3.05) is 0 Å². The molecule has 1 aliphatic heterocycles. The molecule has 4 aliphatic rings. The van der Waals surface area contributed by atoms with Crippen LogP contribution in [0.25, 0.3) is 0 Å². The van der Waals surface area contributed by atoms with Gasteiger partial charge in [0.2, 0.25) is 17.7 Å². The Morgan fingerprint density at radius 3 is 2.21 bits per heavy atom. The van der Waals surface area contributed by atoms with Gasteiger partial charge in [0.1, 0.15) is 6.04 Å². The minimum Gasteiger partial charge on any atom is -0.352 e. The Morgan fingerprint density at radius 2 is 1.59 bits per heavy atom. The molecule has 1 aromatic rings. The molecule has 5 heteroatoms. The quantitative estimate of drug-likeness (QED) is 0.619. The summed E-state index contributed by atoms with van der Waals surface area (Å²) >= 11 is 0. The van der Waals surface area contributed by atoms with Crippen LogP contribution in [-0.2, 0) is 20.8 Å². The number of allylic oxidation sites excluding steroid dienone is 2. The van der Waals surface area contributed by atoms with E-state index in [4.69, 9.17) is 0 Å². The molecule has 0 aromatic heterocycles. The summed E-state index contributed by atoms with van der Waals surface area (Å²) in [7, 11) is 0. The summed E-state index contributed by atoms with van der Waals surface area (Å²) in [6, 6.07) is 9.09. The van der Waals surface area contributed by atoms with Gasteiger partial charge in [-0.1, -0.05) is 61.7 Å². The number of nitrogens with zero attached hydrogens (tertiary/aromatic N) is 1. The third kappa shape index (κ3) is 3.21. The van der Waals surface area contributed by atoms with Gasteiger partial charge in [-0.15, -0.1) is 0 Å². The van der Waals surface area contributed by atoms with Crippen molar-refractivity contribution in [2.45, 2.75) is 57.0 Å². The van der Waals surface area contributed by atoms with Gasteiger partial charge in [0.25, 0.3) is 0 Å². The van der Waals surface area contributed by atoms with E-state index in [1.54, 1.807) is 0 Å². The van der Waals surface area contributed by atoms with Crippen molar-refractivity contribution < 1.29 is 14.4 Å². The molecule has 1 heterocycles. The van der Waals surface area contributed by atoms with E-state index in [0.29, 0.717) is 6.42 Å². The lowest BCUT2D eigenvalue weighted by atomic mass is 9.85. The van der Waals surface area contributed by atoms with Crippen molar-refractivity contribution in [3.63, 3.8) is 0 Å². The van der Waals surface area contributed by atoms with E-state index in [1.165, 1.54) is 11.3 Å². The zero-order valence-corrected chi connectivity index (χ0v) is 16.6. The fraction of sp³-hybridized carbons (Fsp3) is 0.542. The number of carbonyl (C=O) groups is 3. The first-order valence-corrected chi connectivity index (χ1v) is 11.0. The lowest BCUT2D eigenvalue weighted by molar-refractivity contribution is -0.148. The van der Waals surface area contributed by atoms with E-state index < -0.39 is 6.04 Å². The van der Waals surface area contributed by atoms with Crippen molar-refractivity contribution in [3.8, 4) is 0 Å². The predicted molar refractivity (Wildman–Crippen MR) is 109 cm³/mol. The van der Waals surface area contributed by atoms with Crippen molar-refractivity contribution >= 4 is 17.7 Å². The predicted octanol–water partition coefficient (Wildman–Crippen LogP) is 2.85. The lowest BCUT2D eigenvalue weighted by Crippen LogP contribution is -2.53. The number of hydrogen-bond donors (Lipinski definition) is 1. The number of imide groups is 1. The first-order valence-electron chi connectivity index (χ1n) is 11.0. The molecule has 1 saturated heterocycles. The second kappa shape index (κ2) is 7.43.